The van der Waals surface area contributed by atoms with E-state index in [0.717, 1.165) is 20.9 Å². The Morgan fingerprint density at radius 1 is 0.514 bits per heavy atom. The molecule has 0 aromatic heterocycles. The molecule has 0 radical (unpaired) electrons. The van der Waals surface area contributed by atoms with E-state index in [9.17, 15) is 0 Å². The summed E-state index contributed by atoms with van der Waals surface area (Å²) in [7, 11) is 0. The lowest BCUT2D eigenvalue weighted by atomic mass is 9.91. The molecule has 6 rings (SSSR count). The Balaban J connectivity index is 0.00000137. The highest BCUT2D eigenvalue weighted by Crippen LogP contribution is 2.37. The Hall–Kier alpha value is -4.68. The molecule has 0 nitrogen and oxygen atoms in total. The highest BCUT2D eigenvalue weighted by molar-refractivity contribution is 6.25. The summed E-state index contributed by atoms with van der Waals surface area (Å²) in [4.78, 5) is 0. The minimum absolute atomic E-state index is 0.957. The lowest BCUT2D eigenvalue weighted by Gasteiger charge is -2.12. The Kier molecular flexibility index (Phi) is 6.34. The van der Waals surface area contributed by atoms with Gasteiger partial charge in [0.05, 0.1) is 0 Å². The van der Waals surface area contributed by atoms with Crippen molar-refractivity contribution in [2.24, 2.45) is 0 Å². The fourth-order valence-electron chi connectivity index (χ4n) is 5.56. The van der Waals surface area contributed by atoms with Crippen molar-refractivity contribution >= 4 is 68.4 Å². The third-order valence-corrected chi connectivity index (χ3v) is 7.27. The summed E-state index contributed by atoms with van der Waals surface area (Å²) < 4.78 is 0. The predicted molar refractivity (Wildman–Crippen MR) is 168 cm³/mol. The molecule has 0 heteroatoms. The molecule has 0 saturated carbocycles. The molecule has 0 heterocycles. The van der Waals surface area contributed by atoms with E-state index >= 15 is 0 Å². The fourth-order valence-corrected chi connectivity index (χ4v) is 5.56. The lowest BCUT2D eigenvalue weighted by Crippen LogP contribution is -2.47. The maximum atomic E-state index is 4.34. The van der Waals surface area contributed by atoms with Crippen molar-refractivity contribution in [1.29, 1.82) is 0 Å². The summed E-state index contributed by atoms with van der Waals surface area (Å²) in [6, 6.07) is 31.0. The van der Waals surface area contributed by atoms with E-state index in [4.69, 9.17) is 0 Å². The zero-order valence-corrected chi connectivity index (χ0v) is 21.4. The first-order valence-corrected chi connectivity index (χ1v) is 12.5. The lowest BCUT2D eigenvalue weighted by molar-refractivity contribution is 1.47. The van der Waals surface area contributed by atoms with Crippen molar-refractivity contribution in [1.82, 2.24) is 0 Å². The molecule has 0 fully saturated rings. The number of hydrogen-bond acceptors (Lipinski definition) is 0. The maximum Gasteiger partial charge on any atom is -0.00928 e. The number of hydrogen-bond donors (Lipinski definition) is 0. The van der Waals surface area contributed by atoms with Gasteiger partial charge in [-0.05, 0) is 94.1 Å². The molecule has 0 N–H and O–H groups in total. The molecular formula is C37H30. The zero-order chi connectivity index (χ0) is 26.1. The summed E-state index contributed by atoms with van der Waals surface area (Å²) in [5.41, 5.74) is 2.39. The van der Waals surface area contributed by atoms with Gasteiger partial charge < -0.3 is 0 Å². The molecule has 0 saturated heterocycles. The number of allylic oxidation sites excluding steroid dienone is 1. The second-order valence-electron chi connectivity index (χ2n) is 9.09. The average molecular weight is 475 g/mol. The summed E-state index contributed by atoms with van der Waals surface area (Å²) in [6.45, 7) is 20.6. The molecule has 0 bridgehead atoms. The van der Waals surface area contributed by atoms with Crippen LogP contribution < -0.4 is 20.9 Å². The van der Waals surface area contributed by atoms with Crippen molar-refractivity contribution in [2.45, 2.75) is 6.92 Å². The van der Waals surface area contributed by atoms with Crippen LogP contribution in [-0.4, -0.2) is 0 Å². The van der Waals surface area contributed by atoms with E-state index < -0.39 is 0 Å². The minimum atomic E-state index is 0.957. The molecular weight excluding hydrogens is 444 g/mol. The van der Waals surface area contributed by atoms with Gasteiger partial charge in [-0.15, -0.1) is 13.2 Å². The van der Waals surface area contributed by atoms with Crippen molar-refractivity contribution in [3.8, 4) is 11.1 Å². The Morgan fingerprint density at radius 2 is 0.946 bits per heavy atom. The van der Waals surface area contributed by atoms with Crippen LogP contribution in [0, 0.1) is 0 Å². The van der Waals surface area contributed by atoms with E-state index in [2.05, 4.69) is 131 Å². The molecule has 0 atom stereocenters. The Bertz CT molecular complexity index is 2040. The first-order valence-electron chi connectivity index (χ1n) is 12.5. The standard InChI is InChI=1S/C35H26.C2H4/c1-5-11-27-23(4)22(3)26(6-2)32-18-16-24(20-34(27)32)25-17-19-33-30-14-8-7-12-28(30)29-13-9-10-15-31(29)35(33)21-25;1-2/h5-21H,1,3-4H2,2H3;1-2H2/b26-6+,27-11+;. The monoisotopic (exact) mass is 474 g/mol. The fraction of sp³-hybridized carbons (Fsp3) is 0.0270. The van der Waals surface area contributed by atoms with E-state index in [1.54, 1.807) is 0 Å². The molecule has 0 spiro atoms. The van der Waals surface area contributed by atoms with E-state index in [0.29, 0.717) is 0 Å². The molecule has 178 valence electrons. The van der Waals surface area contributed by atoms with Crippen molar-refractivity contribution in [3.05, 3.63) is 132 Å². The normalized spacial score (nSPS) is 12.2. The second kappa shape index (κ2) is 9.76. The van der Waals surface area contributed by atoms with Crippen molar-refractivity contribution in [3.63, 3.8) is 0 Å². The third-order valence-electron chi connectivity index (χ3n) is 7.27. The first kappa shape index (κ1) is 24.0. The summed E-state index contributed by atoms with van der Waals surface area (Å²) in [6.07, 6.45) is 6.00. The third kappa shape index (κ3) is 3.79. The van der Waals surface area contributed by atoms with Gasteiger partial charge in [0.25, 0.3) is 0 Å². The van der Waals surface area contributed by atoms with E-state index in [1.165, 1.54) is 54.2 Å². The van der Waals surface area contributed by atoms with Crippen LogP contribution in [0.4, 0.5) is 0 Å². The average Bonchev–Trinajstić information content (AvgIpc) is 2.96. The van der Waals surface area contributed by atoms with Crippen LogP contribution in [0.2, 0.25) is 0 Å². The molecule has 0 aliphatic heterocycles. The summed E-state index contributed by atoms with van der Waals surface area (Å²) in [5.74, 6) is 0. The predicted octanol–water partition coefficient (Wildman–Crippen LogP) is 7.36. The second-order valence-corrected chi connectivity index (χ2v) is 9.09. The van der Waals surface area contributed by atoms with Gasteiger partial charge in [-0.2, -0.15) is 0 Å². The van der Waals surface area contributed by atoms with E-state index in [1.807, 2.05) is 12.2 Å². The topological polar surface area (TPSA) is 0 Å². The zero-order valence-electron chi connectivity index (χ0n) is 21.4. The van der Waals surface area contributed by atoms with Gasteiger partial charge in [-0.3, -0.25) is 0 Å². The quantitative estimate of drug-likeness (QED) is 0.182. The minimum Gasteiger partial charge on any atom is -0.106 e. The number of rotatable bonds is 2. The van der Waals surface area contributed by atoms with Gasteiger partial charge in [-0.1, -0.05) is 111 Å². The van der Waals surface area contributed by atoms with Gasteiger partial charge in [-0.25, -0.2) is 0 Å². The highest BCUT2D eigenvalue weighted by Gasteiger charge is 2.10. The Morgan fingerprint density at radius 3 is 1.46 bits per heavy atom. The van der Waals surface area contributed by atoms with Crippen LogP contribution in [0.25, 0.3) is 79.5 Å². The number of benzene rings is 6. The smallest absolute Gasteiger partial charge is 0.00928 e. The summed E-state index contributed by atoms with van der Waals surface area (Å²) >= 11 is 0. The van der Waals surface area contributed by atoms with Crippen LogP contribution in [0.1, 0.15) is 6.92 Å². The van der Waals surface area contributed by atoms with Crippen LogP contribution in [0.5, 0.6) is 0 Å². The maximum absolute atomic E-state index is 4.34. The van der Waals surface area contributed by atoms with Gasteiger partial charge in [0, 0.05) is 0 Å². The molecule has 0 aliphatic carbocycles. The largest absolute Gasteiger partial charge is 0.106 e. The first-order chi connectivity index (χ1) is 18.1. The molecule has 6 aromatic rings. The van der Waals surface area contributed by atoms with Crippen LogP contribution in [-0.2, 0) is 0 Å². The van der Waals surface area contributed by atoms with Gasteiger partial charge in [0.2, 0.25) is 0 Å². The van der Waals surface area contributed by atoms with Crippen molar-refractivity contribution in [2.75, 3.05) is 0 Å². The SMILES string of the molecule is C=C.C=C/C=c1\c(=C)c(=C)/c(=C\C)c2ccc(-c3ccc4c5ccccc5c5ccccc5c4c3)cc12. The van der Waals surface area contributed by atoms with E-state index in [-0.39, 0.29) is 0 Å². The molecule has 0 unspecified atom stereocenters. The number of fused-ring (bicyclic) bond motifs is 7. The molecule has 37 heavy (non-hydrogen) atoms. The van der Waals surface area contributed by atoms with Gasteiger partial charge in [0.1, 0.15) is 0 Å². The van der Waals surface area contributed by atoms with Crippen LogP contribution >= 0.6 is 0 Å². The van der Waals surface area contributed by atoms with Gasteiger partial charge >= 0.3 is 0 Å². The summed E-state index contributed by atoms with van der Waals surface area (Å²) in [5, 5.41) is 14.3. The van der Waals surface area contributed by atoms with Gasteiger partial charge in [0.15, 0.2) is 0 Å². The highest BCUT2D eigenvalue weighted by atomic mass is 14.1. The molecule has 6 aromatic carbocycles. The molecule has 0 aliphatic rings. The van der Waals surface area contributed by atoms with Crippen molar-refractivity contribution < 1.29 is 0 Å². The molecule has 0 amide bonds. The van der Waals surface area contributed by atoms with Crippen LogP contribution in [0.3, 0.4) is 0 Å². The van der Waals surface area contributed by atoms with Crippen LogP contribution in [0.15, 0.2) is 111 Å². The Labute approximate surface area is 217 Å².